The van der Waals surface area contributed by atoms with Gasteiger partial charge in [0.1, 0.15) is 5.69 Å². The molecule has 0 bridgehead atoms. The van der Waals surface area contributed by atoms with Gasteiger partial charge in [-0.05, 0) is 18.6 Å². The van der Waals surface area contributed by atoms with Crippen LogP contribution in [0.2, 0.25) is 0 Å². The number of nitrogen functional groups attached to an aromatic ring is 1. The van der Waals surface area contributed by atoms with E-state index in [0.29, 0.717) is 11.3 Å². The lowest BCUT2D eigenvalue weighted by atomic mass is 10.1. The van der Waals surface area contributed by atoms with Crippen molar-refractivity contribution in [3.63, 3.8) is 0 Å². The molecule has 0 fully saturated rings. The summed E-state index contributed by atoms with van der Waals surface area (Å²) in [6.45, 7) is 1.93. The Balaban J connectivity index is 2.37. The molecule has 8 heteroatoms. The number of aromatic nitrogens is 2. The molecule has 1 aromatic heterocycles. The van der Waals surface area contributed by atoms with E-state index >= 15 is 0 Å². The third kappa shape index (κ3) is 2.81. The van der Waals surface area contributed by atoms with Gasteiger partial charge in [-0.2, -0.15) is 0 Å². The summed E-state index contributed by atoms with van der Waals surface area (Å²) in [7, 11) is 0. The number of hydrogen-bond donors (Lipinski definition) is 2. The van der Waals surface area contributed by atoms with E-state index in [1.165, 1.54) is 29.1 Å². The molecular formula is C12H13N5O3. The largest absolute Gasteiger partial charge is 0.318 e. The van der Waals surface area contributed by atoms with Gasteiger partial charge >= 0.3 is 0 Å². The number of benzene rings is 1. The zero-order valence-corrected chi connectivity index (χ0v) is 10.7. The van der Waals surface area contributed by atoms with Crippen molar-refractivity contribution in [2.75, 3.05) is 5.43 Å². The van der Waals surface area contributed by atoms with E-state index in [4.69, 9.17) is 5.84 Å². The molecule has 0 unspecified atom stereocenters. The van der Waals surface area contributed by atoms with Gasteiger partial charge in [0.15, 0.2) is 0 Å². The maximum Gasteiger partial charge on any atom is 0.293 e. The summed E-state index contributed by atoms with van der Waals surface area (Å²) in [4.78, 5) is 26.2. The number of anilines is 1. The maximum atomic E-state index is 11.7. The van der Waals surface area contributed by atoms with Crippen molar-refractivity contribution in [3.05, 3.63) is 62.3 Å². The summed E-state index contributed by atoms with van der Waals surface area (Å²) in [6.07, 6.45) is 1.42. The molecule has 0 saturated heterocycles. The fourth-order valence-corrected chi connectivity index (χ4v) is 1.78. The molecule has 1 heterocycles. The second kappa shape index (κ2) is 5.49. The molecule has 0 saturated carbocycles. The third-order valence-electron chi connectivity index (χ3n) is 2.78. The number of nitro groups is 1. The predicted molar refractivity (Wildman–Crippen MR) is 73.2 cm³/mol. The Bertz CT molecular complexity index is 710. The predicted octanol–water partition coefficient (Wildman–Crippen LogP) is 0.794. The summed E-state index contributed by atoms with van der Waals surface area (Å²) in [5, 5.41) is 10.9. The lowest BCUT2D eigenvalue weighted by Gasteiger charge is -2.07. The molecule has 2 rings (SSSR count). The number of nitro benzene ring substituents is 1. The minimum Gasteiger partial charge on any atom is -0.318 e. The Kier molecular flexibility index (Phi) is 3.76. The molecule has 8 nitrogen and oxygen atoms in total. The molecule has 0 aliphatic carbocycles. The van der Waals surface area contributed by atoms with Gasteiger partial charge in [-0.15, -0.1) is 0 Å². The fourth-order valence-electron chi connectivity index (χ4n) is 1.78. The molecule has 0 radical (unpaired) electrons. The second-order valence-electron chi connectivity index (χ2n) is 4.25. The van der Waals surface area contributed by atoms with Crippen LogP contribution in [0, 0.1) is 17.0 Å². The van der Waals surface area contributed by atoms with Crippen molar-refractivity contribution in [2.45, 2.75) is 13.5 Å². The summed E-state index contributed by atoms with van der Waals surface area (Å²) < 4.78 is 1.38. The van der Waals surface area contributed by atoms with E-state index in [2.05, 4.69) is 10.4 Å². The van der Waals surface area contributed by atoms with Crippen molar-refractivity contribution in [1.29, 1.82) is 0 Å². The van der Waals surface area contributed by atoms with Gasteiger partial charge in [-0.3, -0.25) is 25.3 Å². The highest BCUT2D eigenvalue weighted by Crippen LogP contribution is 2.24. The Morgan fingerprint density at radius 3 is 2.80 bits per heavy atom. The first-order valence-corrected chi connectivity index (χ1v) is 5.78. The quantitative estimate of drug-likeness (QED) is 0.484. The van der Waals surface area contributed by atoms with Crippen LogP contribution in [0.4, 0.5) is 11.4 Å². The number of nitrogens with one attached hydrogen (secondary N) is 1. The topological polar surface area (TPSA) is 116 Å². The highest BCUT2D eigenvalue weighted by Gasteiger charge is 2.14. The molecule has 2 aromatic rings. The Morgan fingerprint density at radius 2 is 2.20 bits per heavy atom. The molecule has 0 spiro atoms. The summed E-state index contributed by atoms with van der Waals surface area (Å²) in [5.74, 6) is 5.21. The summed E-state index contributed by atoms with van der Waals surface area (Å²) >= 11 is 0. The Labute approximate surface area is 114 Å². The van der Waals surface area contributed by atoms with Gasteiger partial charge in [-0.25, -0.2) is 4.98 Å². The molecule has 20 heavy (non-hydrogen) atoms. The van der Waals surface area contributed by atoms with Crippen LogP contribution >= 0.6 is 0 Å². The van der Waals surface area contributed by atoms with Gasteiger partial charge in [0.2, 0.25) is 0 Å². The molecular weight excluding hydrogens is 262 g/mol. The van der Waals surface area contributed by atoms with Crippen LogP contribution in [0.3, 0.4) is 0 Å². The second-order valence-corrected chi connectivity index (χ2v) is 4.25. The SMILES string of the molecule is Cc1cc(=O)n(Cc2ccc(NN)c([N+](=O)[O-])c2)cn1. The molecule has 0 amide bonds. The van der Waals surface area contributed by atoms with Gasteiger partial charge < -0.3 is 5.43 Å². The van der Waals surface area contributed by atoms with Crippen molar-refractivity contribution < 1.29 is 4.92 Å². The number of aryl methyl sites for hydroxylation is 1. The van der Waals surface area contributed by atoms with E-state index in [1.54, 1.807) is 13.0 Å². The highest BCUT2D eigenvalue weighted by atomic mass is 16.6. The van der Waals surface area contributed by atoms with Crippen LogP contribution in [-0.2, 0) is 6.54 Å². The number of nitrogens with zero attached hydrogens (tertiary/aromatic N) is 3. The molecule has 1 aromatic carbocycles. The smallest absolute Gasteiger partial charge is 0.293 e. The normalized spacial score (nSPS) is 10.3. The number of nitrogens with two attached hydrogens (primary N) is 1. The van der Waals surface area contributed by atoms with Crippen LogP contribution in [0.1, 0.15) is 11.3 Å². The summed E-state index contributed by atoms with van der Waals surface area (Å²) in [6, 6.07) is 5.94. The standard InChI is InChI=1S/C12H13N5O3/c1-8-4-12(18)16(7-14-8)6-9-2-3-10(15-13)11(5-9)17(19)20/h2-5,7,15H,6,13H2,1H3. The average molecular weight is 275 g/mol. The Hall–Kier alpha value is -2.74. The lowest BCUT2D eigenvalue weighted by molar-refractivity contribution is -0.384. The molecule has 0 aliphatic heterocycles. The first-order chi connectivity index (χ1) is 9.51. The minimum absolute atomic E-state index is 0.141. The van der Waals surface area contributed by atoms with Gasteiger partial charge in [-0.1, -0.05) is 6.07 Å². The number of rotatable bonds is 4. The molecule has 3 N–H and O–H groups in total. The number of hydrogen-bond acceptors (Lipinski definition) is 6. The monoisotopic (exact) mass is 275 g/mol. The maximum absolute atomic E-state index is 11.7. The van der Waals surface area contributed by atoms with Crippen LogP contribution in [0.15, 0.2) is 35.4 Å². The van der Waals surface area contributed by atoms with E-state index < -0.39 is 4.92 Å². The number of hydrazine groups is 1. The summed E-state index contributed by atoms with van der Waals surface area (Å²) in [5.41, 5.74) is 3.37. The van der Waals surface area contributed by atoms with Crippen LogP contribution < -0.4 is 16.8 Å². The van der Waals surface area contributed by atoms with Crippen LogP contribution in [0.5, 0.6) is 0 Å². The van der Waals surface area contributed by atoms with E-state index in [1.807, 2.05) is 0 Å². The van der Waals surface area contributed by atoms with Crippen molar-refractivity contribution >= 4 is 11.4 Å². The van der Waals surface area contributed by atoms with Crippen LogP contribution in [-0.4, -0.2) is 14.5 Å². The first-order valence-electron chi connectivity index (χ1n) is 5.78. The Morgan fingerprint density at radius 1 is 1.45 bits per heavy atom. The highest BCUT2D eigenvalue weighted by molar-refractivity contribution is 5.61. The lowest BCUT2D eigenvalue weighted by Crippen LogP contribution is -2.20. The third-order valence-corrected chi connectivity index (χ3v) is 2.78. The molecule has 0 atom stereocenters. The van der Waals surface area contributed by atoms with Crippen molar-refractivity contribution in [1.82, 2.24) is 9.55 Å². The molecule has 0 aliphatic rings. The van der Waals surface area contributed by atoms with Gasteiger partial charge in [0.25, 0.3) is 11.2 Å². The first kappa shape index (κ1) is 13.7. The zero-order valence-electron chi connectivity index (χ0n) is 10.7. The minimum atomic E-state index is -0.533. The molecule has 104 valence electrons. The fraction of sp³-hybridized carbons (Fsp3) is 0.167. The van der Waals surface area contributed by atoms with Crippen molar-refractivity contribution in [2.24, 2.45) is 5.84 Å². The van der Waals surface area contributed by atoms with Gasteiger partial charge in [0, 0.05) is 17.8 Å². The van der Waals surface area contributed by atoms with E-state index in [9.17, 15) is 14.9 Å². The van der Waals surface area contributed by atoms with Gasteiger partial charge in [0.05, 0.1) is 17.8 Å². The van der Waals surface area contributed by atoms with E-state index in [0.717, 1.165) is 0 Å². The van der Waals surface area contributed by atoms with Crippen molar-refractivity contribution in [3.8, 4) is 0 Å². The van der Waals surface area contributed by atoms with E-state index in [-0.39, 0.29) is 23.5 Å². The zero-order chi connectivity index (χ0) is 14.7. The average Bonchev–Trinajstić information content (AvgIpc) is 2.41. The van der Waals surface area contributed by atoms with Crippen LogP contribution in [0.25, 0.3) is 0 Å².